The van der Waals surface area contributed by atoms with Crippen LogP contribution in [0, 0.1) is 5.82 Å². The number of carbonyl (C=O) groups excluding carboxylic acids is 1. The molecule has 0 fully saturated rings. The summed E-state index contributed by atoms with van der Waals surface area (Å²) in [6.07, 6.45) is 5.34. The fourth-order valence-electron chi connectivity index (χ4n) is 5.56. The van der Waals surface area contributed by atoms with Gasteiger partial charge in [0.05, 0.1) is 29.3 Å². The Balaban J connectivity index is 1.18. The van der Waals surface area contributed by atoms with Gasteiger partial charge in [-0.25, -0.2) is 14.4 Å². The van der Waals surface area contributed by atoms with Crippen LogP contribution in [-0.2, 0) is 11.2 Å². The molecule has 0 aliphatic rings. The average molecular weight is 626 g/mol. The highest BCUT2D eigenvalue weighted by Gasteiger charge is 2.17. The summed E-state index contributed by atoms with van der Waals surface area (Å²) in [5.74, 6) is 0.0828. The van der Waals surface area contributed by atoms with Crippen molar-refractivity contribution < 1.29 is 9.18 Å². The summed E-state index contributed by atoms with van der Waals surface area (Å²) in [7, 11) is 3.99. The molecule has 0 bridgehead atoms. The molecule has 4 heterocycles. The van der Waals surface area contributed by atoms with Crippen molar-refractivity contribution in [3.8, 4) is 33.8 Å². The number of nitrogens with one attached hydrogen (secondary N) is 4. The molecule has 0 unspecified atom stereocenters. The molecule has 0 radical (unpaired) electrons. The number of pyridine rings is 2. The van der Waals surface area contributed by atoms with E-state index in [4.69, 9.17) is 4.98 Å². The number of halogens is 1. The van der Waals surface area contributed by atoms with Crippen molar-refractivity contribution in [3.05, 3.63) is 109 Å². The summed E-state index contributed by atoms with van der Waals surface area (Å²) in [5.41, 5.74) is 8.11. The van der Waals surface area contributed by atoms with Gasteiger partial charge in [-0.1, -0.05) is 36.4 Å². The van der Waals surface area contributed by atoms with Crippen LogP contribution in [0.4, 0.5) is 15.8 Å². The Morgan fingerprint density at radius 2 is 1.77 bits per heavy atom. The molecule has 11 heteroatoms. The summed E-state index contributed by atoms with van der Waals surface area (Å²) < 4.78 is 14.7. The third-order valence-electron chi connectivity index (χ3n) is 7.84. The second kappa shape index (κ2) is 12.8. The highest BCUT2D eigenvalue weighted by molar-refractivity contribution is 5.98. The second-order valence-corrected chi connectivity index (χ2v) is 11.6. The van der Waals surface area contributed by atoms with E-state index in [0.717, 1.165) is 39.7 Å². The molecule has 0 aliphatic carbocycles. The molecule has 234 valence electrons. The Kier molecular flexibility index (Phi) is 8.11. The van der Waals surface area contributed by atoms with Gasteiger partial charge in [-0.15, -0.1) is 0 Å². The van der Waals surface area contributed by atoms with Gasteiger partial charge in [0, 0.05) is 47.7 Å². The van der Waals surface area contributed by atoms with Gasteiger partial charge in [0.1, 0.15) is 11.5 Å². The predicted molar refractivity (Wildman–Crippen MR) is 183 cm³/mol. The number of benzene rings is 3. The zero-order valence-electron chi connectivity index (χ0n) is 25.9. The third-order valence-corrected chi connectivity index (χ3v) is 7.84. The van der Waals surface area contributed by atoms with Crippen molar-refractivity contribution in [2.75, 3.05) is 37.8 Å². The molecule has 47 heavy (non-hydrogen) atoms. The molecule has 0 aliphatic heterocycles. The first-order chi connectivity index (χ1) is 22.9. The molecule has 0 saturated heterocycles. The summed E-state index contributed by atoms with van der Waals surface area (Å²) in [6, 6.07) is 24.2. The zero-order valence-corrected chi connectivity index (χ0v) is 25.9. The maximum Gasteiger partial charge on any atom is 0.228 e. The molecular weight excluding hydrogens is 593 g/mol. The smallest absolute Gasteiger partial charge is 0.228 e. The molecule has 0 atom stereocenters. The van der Waals surface area contributed by atoms with Crippen LogP contribution in [0.3, 0.4) is 0 Å². The van der Waals surface area contributed by atoms with Crippen LogP contribution in [0.2, 0.25) is 0 Å². The van der Waals surface area contributed by atoms with Crippen LogP contribution in [0.5, 0.6) is 0 Å². The number of hydrogen-bond acceptors (Lipinski definition) is 7. The van der Waals surface area contributed by atoms with Crippen LogP contribution >= 0.6 is 0 Å². The minimum Gasteiger partial charge on any atom is -0.384 e. The number of aromatic nitrogens is 6. The highest BCUT2D eigenvalue weighted by atomic mass is 19.1. The molecule has 1 amide bonds. The molecular formula is C36H32FN9O. The lowest BCUT2D eigenvalue weighted by molar-refractivity contribution is -0.115. The number of imidazole rings is 1. The van der Waals surface area contributed by atoms with E-state index in [1.807, 2.05) is 80.8 Å². The molecule has 3 aromatic carbocycles. The van der Waals surface area contributed by atoms with Crippen LogP contribution in [0.25, 0.3) is 55.8 Å². The van der Waals surface area contributed by atoms with Crippen LogP contribution in [0.15, 0.2) is 97.5 Å². The van der Waals surface area contributed by atoms with Gasteiger partial charge in [-0.3, -0.25) is 14.9 Å². The molecule has 7 rings (SSSR count). The number of hydrogen-bond donors (Lipinski definition) is 4. The number of carbonyl (C=O) groups is 1. The highest BCUT2D eigenvalue weighted by Crippen LogP contribution is 2.34. The Bertz CT molecular complexity index is 2210. The van der Waals surface area contributed by atoms with Crippen molar-refractivity contribution in [1.29, 1.82) is 0 Å². The Labute approximate surface area is 270 Å². The lowest BCUT2D eigenvalue weighted by atomic mass is 10.0. The molecule has 7 aromatic rings. The van der Waals surface area contributed by atoms with Crippen LogP contribution < -0.4 is 10.6 Å². The number of fused-ring (bicyclic) bond motifs is 2. The molecule has 0 saturated carbocycles. The van der Waals surface area contributed by atoms with Crippen molar-refractivity contribution in [3.63, 3.8) is 0 Å². The summed E-state index contributed by atoms with van der Waals surface area (Å²) in [4.78, 5) is 31.7. The van der Waals surface area contributed by atoms with E-state index in [9.17, 15) is 9.18 Å². The van der Waals surface area contributed by atoms with Gasteiger partial charge in [0.15, 0.2) is 11.5 Å². The van der Waals surface area contributed by atoms with E-state index in [-0.39, 0.29) is 18.1 Å². The topological polar surface area (TPSA) is 128 Å². The number of amides is 1. The van der Waals surface area contributed by atoms with Crippen molar-refractivity contribution >= 4 is 39.3 Å². The number of nitrogens with zero attached hydrogens (tertiary/aromatic N) is 5. The Morgan fingerprint density at radius 1 is 0.915 bits per heavy atom. The first-order valence-electron chi connectivity index (χ1n) is 15.2. The fourth-order valence-corrected chi connectivity index (χ4v) is 5.56. The lowest BCUT2D eigenvalue weighted by Gasteiger charge is -2.13. The number of H-pyrrole nitrogens is 2. The summed E-state index contributed by atoms with van der Waals surface area (Å²) >= 11 is 0. The Morgan fingerprint density at radius 3 is 2.62 bits per heavy atom. The van der Waals surface area contributed by atoms with Crippen LogP contribution in [0.1, 0.15) is 5.56 Å². The van der Waals surface area contributed by atoms with Gasteiger partial charge >= 0.3 is 0 Å². The quantitative estimate of drug-likeness (QED) is 0.136. The zero-order chi connectivity index (χ0) is 32.3. The van der Waals surface area contributed by atoms with Gasteiger partial charge in [-0.05, 0) is 73.3 Å². The number of rotatable bonds is 10. The van der Waals surface area contributed by atoms with Gasteiger partial charge in [-0.2, -0.15) is 5.10 Å². The van der Waals surface area contributed by atoms with E-state index >= 15 is 0 Å². The fraction of sp³-hybridized carbons (Fsp3) is 0.139. The van der Waals surface area contributed by atoms with Crippen molar-refractivity contribution in [2.24, 2.45) is 0 Å². The van der Waals surface area contributed by atoms with Crippen molar-refractivity contribution in [2.45, 2.75) is 6.42 Å². The minimum absolute atomic E-state index is 0.115. The number of aromatic amines is 2. The summed E-state index contributed by atoms with van der Waals surface area (Å²) in [5, 5.41) is 14.8. The van der Waals surface area contributed by atoms with Crippen LogP contribution in [-0.4, -0.2) is 68.1 Å². The second-order valence-electron chi connectivity index (χ2n) is 11.6. The number of anilines is 2. The standard InChI is InChI=1S/C36H32FN9O/c1-46(2)13-12-39-27-16-24(15-26(37)19-27)29-10-11-40-35-33(29)42-36(43-35)34-30-18-23(8-9-31(30)44-45-34)25-17-28(21-38-20-25)41-32(47)14-22-6-4-3-5-7-22/h3-11,15-21,39H,12-14H2,1-2H3,(H,41,47)(H,44,45)(H,40,42,43). The minimum atomic E-state index is -0.334. The predicted octanol–water partition coefficient (Wildman–Crippen LogP) is 6.52. The molecule has 4 aromatic heterocycles. The monoisotopic (exact) mass is 625 g/mol. The third kappa shape index (κ3) is 6.56. The normalized spacial score (nSPS) is 11.4. The van der Waals surface area contributed by atoms with Gasteiger partial charge in [0.2, 0.25) is 5.91 Å². The van der Waals surface area contributed by atoms with Gasteiger partial charge in [0.25, 0.3) is 0 Å². The largest absolute Gasteiger partial charge is 0.384 e. The molecule has 10 nitrogen and oxygen atoms in total. The maximum atomic E-state index is 14.7. The van der Waals surface area contributed by atoms with E-state index in [0.29, 0.717) is 46.2 Å². The van der Waals surface area contributed by atoms with E-state index in [2.05, 4.69) is 40.7 Å². The maximum absolute atomic E-state index is 14.7. The SMILES string of the molecule is CN(C)CCNc1cc(F)cc(-c2ccnc3nc(-c4n[nH]c5ccc(-c6cncc(NC(=O)Cc7ccccc7)c6)cc45)[nH]c23)c1. The first kappa shape index (κ1) is 29.8. The van der Waals surface area contributed by atoms with E-state index in [1.54, 1.807) is 18.6 Å². The van der Waals surface area contributed by atoms with Gasteiger partial charge < -0.3 is 20.5 Å². The van der Waals surface area contributed by atoms with E-state index in [1.165, 1.54) is 12.1 Å². The number of likely N-dealkylation sites (N-methyl/N-ethyl adjacent to an activating group) is 1. The first-order valence-corrected chi connectivity index (χ1v) is 15.2. The lowest BCUT2D eigenvalue weighted by Crippen LogP contribution is -2.20. The molecule has 4 N–H and O–H groups in total. The summed E-state index contributed by atoms with van der Waals surface area (Å²) in [6.45, 7) is 1.51. The Hall–Kier alpha value is -5.94. The molecule has 0 spiro atoms. The van der Waals surface area contributed by atoms with E-state index < -0.39 is 0 Å². The van der Waals surface area contributed by atoms with Crippen molar-refractivity contribution in [1.82, 2.24) is 35.0 Å². The average Bonchev–Trinajstić information content (AvgIpc) is 3.69.